The lowest BCUT2D eigenvalue weighted by Gasteiger charge is -2.32. The Bertz CT molecular complexity index is 1180. The molecule has 2 aliphatic rings. The zero-order valence-corrected chi connectivity index (χ0v) is 15.6. The quantitative estimate of drug-likeness (QED) is 0.684. The van der Waals surface area contributed by atoms with E-state index >= 15 is 0 Å². The molecule has 0 bridgehead atoms. The predicted octanol–water partition coefficient (Wildman–Crippen LogP) is 2.40. The number of anilines is 1. The van der Waals surface area contributed by atoms with Gasteiger partial charge in [-0.15, -0.1) is 0 Å². The molecule has 2 aromatic carbocycles. The third-order valence-electron chi connectivity index (χ3n) is 5.83. The fraction of sp³-hybridized carbons (Fsp3) is 0.190. The topological polar surface area (TPSA) is 89.5 Å². The van der Waals surface area contributed by atoms with Crippen LogP contribution in [0.1, 0.15) is 27.2 Å². The second-order valence-corrected chi connectivity index (χ2v) is 7.30. The zero-order chi connectivity index (χ0) is 19.8. The lowest BCUT2D eigenvalue weighted by Crippen LogP contribution is -2.49. The van der Waals surface area contributed by atoms with Crippen molar-refractivity contribution in [2.75, 3.05) is 19.0 Å². The number of benzene rings is 2. The van der Waals surface area contributed by atoms with E-state index in [-0.39, 0.29) is 23.3 Å². The highest BCUT2D eigenvalue weighted by atomic mass is 16.3. The summed E-state index contributed by atoms with van der Waals surface area (Å²) in [5, 5.41) is 17.7. The Morgan fingerprint density at radius 2 is 1.86 bits per heavy atom. The number of H-pyrrole nitrogens is 1. The van der Waals surface area contributed by atoms with Gasteiger partial charge in [0, 0.05) is 30.9 Å². The molecule has 2 aliphatic heterocycles. The SMILES string of the molecule is Cc1ccc(-c2n[nH]c3c2[C@@]2(C(=O)N(C)c4ccccc42)N(C)C3=O)c(O)c1. The Morgan fingerprint density at radius 3 is 2.61 bits per heavy atom. The number of amides is 2. The highest BCUT2D eigenvalue weighted by molar-refractivity contribution is 6.17. The maximum atomic E-state index is 13.6. The first kappa shape index (κ1) is 16.6. The third kappa shape index (κ3) is 1.71. The minimum atomic E-state index is -1.31. The van der Waals surface area contributed by atoms with Gasteiger partial charge in [0.05, 0.1) is 5.56 Å². The number of para-hydroxylation sites is 1. The van der Waals surface area contributed by atoms with E-state index in [4.69, 9.17) is 0 Å². The van der Waals surface area contributed by atoms with Gasteiger partial charge in [0.1, 0.15) is 17.1 Å². The molecule has 0 fully saturated rings. The number of rotatable bonds is 1. The first-order chi connectivity index (χ1) is 13.4. The van der Waals surface area contributed by atoms with Crippen molar-refractivity contribution in [3.05, 3.63) is 64.8 Å². The van der Waals surface area contributed by atoms with Crippen molar-refractivity contribution in [3.8, 4) is 17.0 Å². The Balaban J connectivity index is 1.87. The molecule has 0 saturated carbocycles. The molecule has 140 valence electrons. The van der Waals surface area contributed by atoms with Crippen molar-refractivity contribution in [1.29, 1.82) is 0 Å². The molecule has 28 heavy (non-hydrogen) atoms. The van der Waals surface area contributed by atoms with E-state index in [9.17, 15) is 14.7 Å². The summed E-state index contributed by atoms with van der Waals surface area (Å²) < 4.78 is 0. The van der Waals surface area contributed by atoms with Crippen LogP contribution in [0.25, 0.3) is 11.3 Å². The summed E-state index contributed by atoms with van der Waals surface area (Å²) >= 11 is 0. The number of phenolic OH excluding ortho intramolecular Hbond substituents is 1. The summed E-state index contributed by atoms with van der Waals surface area (Å²) in [7, 11) is 3.33. The standard InChI is InChI=1S/C21H18N4O3/c1-11-8-9-12(15(26)10-11)17-16-18(23-22-17)19(27)25(3)21(16)13-6-4-5-7-14(13)24(2)20(21)28/h4-10,26H,1-3H3,(H,22,23)/t21-/m0/s1. The molecule has 1 atom stereocenters. The van der Waals surface area contributed by atoms with Crippen molar-refractivity contribution in [3.63, 3.8) is 0 Å². The number of nitrogens with zero attached hydrogens (tertiary/aromatic N) is 3. The zero-order valence-electron chi connectivity index (χ0n) is 15.6. The average molecular weight is 374 g/mol. The monoisotopic (exact) mass is 374 g/mol. The number of hydrogen-bond acceptors (Lipinski definition) is 4. The highest BCUT2D eigenvalue weighted by Gasteiger charge is 2.62. The molecule has 7 heteroatoms. The Hall–Kier alpha value is -3.61. The number of carbonyl (C=O) groups is 2. The number of fused-ring (bicyclic) bond motifs is 4. The fourth-order valence-electron chi connectivity index (χ4n) is 4.48. The summed E-state index contributed by atoms with van der Waals surface area (Å²) in [6.07, 6.45) is 0. The second-order valence-electron chi connectivity index (χ2n) is 7.30. The summed E-state index contributed by atoms with van der Waals surface area (Å²) in [4.78, 5) is 29.6. The predicted molar refractivity (Wildman–Crippen MR) is 103 cm³/mol. The van der Waals surface area contributed by atoms with Gasteiger partial charge in [0.15, 0.2) is 5.54 Å². The summed E-state index contributed by atoms with van der Waals surface area (Å²) in [5.74, 6) is -0.477. The molecule has 5 rings (SSSR count). The van der Waals surface area contributed by atoms with Gasteiger partial charge in [-0.1, -0.05) is 24.3 Å². The van der Waals surface area contributed by atoms with E-state index in [1.165, 1.54) is 4.90 Å². The fourth-order valence-corrected chi connectivity index (χ4v) is 4.48. The van der Waals surface area contributed by atoms with Crippen molar-refractivity contribution in [2.45, 2.75) is 12.5 Å². The van der Waals surface area contributed by atoms with Gasteiger partial charge in [0.25, 0.3) is 11.8 Å². The van der Waals surface area contributed by atoms with Crippen LogP contribution in [-0.2, 0) is 10.3 Å². The molecular weight excluding hydrogens is 356 g/mol. The largest absolute Gasteiger partial charge is 0.507 e. The molecule has 1 spiro atoms. The van der Waals surface area contributed by atoms with E-state index in [1.807, 2.05) is 37.3 Å². The molecule has 7 nitrogen and oxygen atoms in total. The Morgan fingerprint density at radius 1 is 1.11 bits per heavy atom. The molecule has 0 radical (unpaired) electrons. The van der Waals surface area contributed by atoms with Crippen molar-refractivity contribution >= 4 is 17.5 Å². The van der Waals surface area contributed by atoms with E-state index < -0.39 is 5.54 Å². The molecular formula is C21H18N4O3. The maximum Gasteiger partial charge on any atom is 0.273 e. The number of phenols is 1. The van der Waals surface area contributed by atoms with E-state index in [1.54, 1.807) is 31.1 Å². The van der Waals surface area contributed by atoms with Crippen LogP contribution in [0.2, 0.25) is 0 Å². The molecule has 0 aliphatic carbocycles. The van der Waals surface area contributed by atoms with Crippen LogP contribution in [0.4, 0.5) is 5.69 Å². The van der Waals surface area contributed by atoms with Crippen LogP contribution < -0.4 is 4.90 Å². The molecule has 3 heterocycles. The molecule has 3 aromatic rings. The van der Waals surface area contributed by atoms with Gasteiger partial charge >= 0.3 is 0 Å². The number of carbonyl (C=O) groups excluding carboxylic acids is 2. The van der Waals surface area contributed by atoms with Gasteiger partial charge in [-0.2, -0.15) is 5.10 Å². The Kier molecular flexibility index (Phi) is 3.09. The first-order valence-corrected chi connectivity index (χ1v) is 8.93. The molecule has 0 unspecified atom stereocenters. The molecule has 2 amide bonds. The molecule has 0 saturated heterocycles. The summed E-state index contributed by atoms with van der Waals surface area (Å²) in [6, 6.07) is 12.7. The number of aromatic nitrogens is 2. The van der Waals surface area contributed by atoms with E-state index in [0.717, 1.165) is 16.8 Å². The maximum absolute atomic E-state index is 13.6. The summed E-state index contributed by atoms with van der Waals surface area (Å²) in [5.41, 5.74) is 2.72. The molecule has 2 N–H and O–H groups in total. The van der Waals surface area contributed by atoms with E-state index in [0.29, 0.717) is 16.8 Å². The third-order valence-corrected chi connectivity index (χ3v) is 5.83. The van der Waals surface area contributed by atoms with Crippen molar-refractivity contribution in [1.82, 2.24) is 15.1 Å². The number of aromatic amines is 1. The van der Waals surface area contributed by atoms with Gasteiger partial charge in [-0.05, 0) is 30.7 Å². The lowest BCUT2D eigenvalue weighted by molar-refractivity contribution is -0.125. The van der Waals surface area contributed by atoms with Gasteiger partial charge in [-0.3, -0.25) is 14.7 Å². The minimum absolute atomic E-state index is 0.0542. The van der Waals surface area contributed by atoms with Crippen LogP contribution in [0.15, 0.2) is 42.5 Å². The van der Waals surface area contributed by atoms with Gasteiger partial charge in [-0.25, -0.2) is 0 Å². The van der Waals surface area contributed by atoms with E-state index in [2.05, 4.69) is 10.2 Å². The van der Waals surface area contributed by atoms with Crippen molar-refractivity contribution in [2.24, 2.45) is 0 Å². The van der Waals surface area contributed by atoms with Crippen LogP contribution in [0.5, 0.6) is 5.75 Å². The normalized spacial score (nSPS) is 20.2. The van der Waals surface area contributed by atoms with Gasteiger partial charge in [0.2, 0.25) is 0 Å². The molecule has 1 aromatic heterocycles. The average Bonchev–Trinajstić information content (AvgIpc) is 3.27. The summed E-state index contributed by atoms with van der Waals surface area (Å²) in [6.45, 7) is 1.88. The highest BCUT2D eigenvalue weighted by Crippen LogP contribution is 2.54. The van der Waals surface area contributed by atoms with Gasteiger partial charge < -0.3 is 14.9 Å². The number of aryl methyl sites for hydroxylation is 1. The second kappa shape index (κ2) is 5.22. The number of hydrogen-bond donors (Lipinski definition) is 2. The minimum Gasteiger partial charge on any atom is -0.507 e. The lowest BCUT2D eigenvalue weighted by atomic mass is 9.83. The van der Waals surface area contributed by atoms with Crippen LogP contribution in [0.3, 0.4) is 0 Å². The number of likely N-dealkylation sites (N-methyl/N-ethyl adjacent to an activating group) is 2. The van der Waals surface area contributed by atoms with Crippen LogP contribution >= 0.6 is 0 Å². The van der Waals surface area contributed by atoms with Crippen molar-refractivity contribution < 1.29 is 14.7 Å². The first-order valence-electron chi connectivity index (χ1n) is 8.93. The van der Waals surface area contributed by atoms with Crippen LogP contribution in [0, 0.1) is 6.92 Å². The number of aromatic hydroxyl groups is 1. The smallest absolute Gasteiger partial charge is 0.273 e. The number of nitrogens with one attached hydrogen (secondary N) is 1. The van der Waals surface area contributed by atoms with Crippen LogP contribution in [-0.4, -0.2) is 46.1 Å². The Labute approximate surface area is 161 Å².